The Morgan fingerprint density at radius 3 is 2.44 bits per heavy atom. The van der Waals surface area contributed by atoms with Gasteiger partial charge in [0, 0.05) is 30.6 Å². The number of amides is 1. The predicted molar refractivity (Wildman–Crippen MR) is 123 cm³/mol. The summed E-state index contributed by atoms with van der Waals surface area (Å²) in [5, 5.41) is 26.5. The average Bonchev–Trinajstić information content (AvgIpc) is 2.76. The van der Waals surface area contributed by atoms with Crippen LogP contribution in [-0.2, 0) is 0 Å². The molecule has 1 amide bonds. The number of hydrogen-bond acceptors (Lipinski definition) is 8. The third-order valence-electron chi connectivity index (χ3n) is 6.60. The average molecular weight is 441 g/mol. The molecule has 2 atom stereocenters. The van der Waals surface area contributed by atoms with E-state index in [1.165, 1.54) is 5.56 Å². The van der Waals surface area contributed by atoms with Crippen LogP contribution in [0.25, 0.3) is 0 Å². The molecule has 4 rings (SSSR count). The van der Waals surface area contributed by atoms with Gasteiger partial charge in [-0.2, -0.15) is 4.98 Å². The fourth-order valence-corrected chi connectivity index (χ4v) is 4.57. The Bertz CT molecular complexity index is 939. The van der Waals surface area contributed by atoms with E-state index in [2.05, 4.69) is 25.8 Å². The minimum atomic E-state index is -0.703. The highest BCUT2D eigenvalue weighted by Crippen LogP contribution is 2.31. The Kier molecular flexibility index (Phi) is 6.54. The van der Waals surface area contributed by atoms with Gasteiger partial charge in [-0.15, -0.1) is 10.2 Å². The number of nitrogens with zero attached hydrogens (tertiary/aromatic N) is 4. The fraction of sp³-hybridized carbons (Fsp3) is 0.545. The van der Waals surface area contributed by atoms with E-state index in [4.69, 9.17) is 11.5 Å². The molecule has 0 spiro atoms. The second-order valence-corrected chi connectivity index (χ2v) is 9.16. The van der Waals surface area contributed by atoms with Crippen molar-refractivity contribution in [1.29, 1.82) is 0 Å². The van der Waals surface area contributed by atoms with Crippen molar-refractivity contribution >= 4 is 23.4 Å². The van der Waals surface area contributed by atoms with E-state index in [0.29, 0.717) is 25.0 Å². The van der Waals surface area contributed by atoms with Crippen LogP contribution in [-0.4, -0.2) is 58.0 Å². The molecule has 2 heterocycles. The Morgan fingerprint density at radius 2 is 1.78 bits per heavy atom. The highest BCUT2D eigenvalue weighted by molar-refractivity contribution is 5.96. The summed E-state index contributed by atoms with van der Waals surface area (Å²) in [6, 6.07) is 8.07. The molecule has 0 unspecified atom stereocenters. The van der Waals surface area contributed by atoms with Gasteiger partial charge in [0.15, 0.2) is 11.5 Å². The van der Waals surface area contributed by atoms with Gasteiger partial charge in [-0.25, -0.2) is 0 Å². The summed E-state index contributed by atoms with van der Waals surface area (Å²) in [6.07, 6.45) is 5.88. The van der Waals surface area contributed by atoms with Crippen LogP contribution >= 0.6 is 0 Å². The topological polar surface area (TPSA) is 155 Å². The lowest BCUT2D eigenvalue weighted by molar-refractivity contribution is -0.866. The second kappa shape index (κ2) is 9.35. The molecule has 0 radical (unpaired) electrons. The monoisotopic (exact) mass is 440 g/mol. The summed E-state index contributed by atoms with van der Waals surface area (Å²) in [6.45, 7) is 1.28. The molecule has 2 aliphatic rings. The molecule has 10 nitrogen and oxygen atoms in total. The minimum absolute atomic E-state index is 0.0210. The summed E-state index contributed by atoms with van der Waals surface area (Å²) >= 11 is 0. The van der Waals surface area contributed by atoms with Crippen molar-refractivity contribution in [3.05, 3.63) is 40.7 Å². The lowest BCUT2D eigenvalue weighted by atomic mass is 9.89. The van der Waals surface area contributed by atoms with Crippen molar-refractivity contribution in [3.63, 3.8) is 0 Å². The Labute approximate surface area is 188 Å². The fourth-order valence-electron chi connectivity index (χ4n) is 4.57. The quantitative estimate of drug-likeness (QED) is 0.394. The molecule has 1 aromatic heterocycles. The van der Waals surface area contributed by atoms with Gasteiger partial charge in [0.2, 0.25) is 5.95 Å². The van der Waals surface area contributed by atoms with Crippen LogP contribution in [0.1, 0.15) is 60.5 Å². The normalized spacial score (nSPS) is 28.2. The van der Waals surface area contributed by atoms with Gasteiger partial charge in [0.25, 0.3) is 5.91 Å². The number of carbonyl (C=O) groups excluding carboxylic acids is 1. The molecule has 172 valence electrons. The summed E-state index contributed by atoms with van der Waals surface area (Å²) < 4.78 is -0.158. The van der Waals surface area contributed by atoms with Gasteiger partial charge in [0.1, 0.15) is 0 Å². The van der Waals surface area contributed by atoms with E-state index in [9.17, 15) is 10.0 Å². The molecule has 1 aromatic carbocycles. The Balaban J connectivity index is 1.48. The number of carbonyl (C=O) groups is 1. The van der Waals surface area contributed by atoms with Crippen LogP contribution in [0.2, 0.25) is 0 Å². The Morgan fingerprint density at radius 1 is 1.09 bits per heavy atom. The number of benzene rings is 1. The zero-order chi connectivity index (χ0) is 22.7. The number of hydrogen-bond donors (Lipinski definition) is 4. The molecule has 1 aliphatic carbocycles. The lowest BCUT2D eigenvalue weighted by Crippen LogP contribution is -2.43. The van der Waals surface area contributed by atoms with Crippen LogP contribution in [0.5, 0.6) is 0 Å². The molecular weight excluding hydrogens is 408 g/mol. The van der Waals surface area contributed by atoms with E-state index >= 15 is 0 Å². The third-order valence-corrected chi connectivity index (χ3v) is 6.60. The summed E-state index contributed by atoms with van der Waals surface area (Å²) in [5.41, 5.74) is 13.6. The first-order valence-electron chi connectivity index (χ1n) is 11.3. The number of primary amides is 1. The predicted octanol–water partition coefficient (Wildman–Crippen LogP) is 2.22. The molecule has 6 N–H and O–H groups in total. The highest BCUT2D eigenvalue weighted by atomic mass is 16.5. The first kappa shape index (κ1) is 22.4. The highest BCUT2D eigenvalue weighted by Gasteiger charge is 2.25. The number of rotatable bonds is 6. The number of likely N-dealkylation sites (tertiary alicyclic amines) is 1. The standard InChI is InChI=1S/C22H32N8O2/c1-30(32)12-10-15(11-13-30)14-6-8-16(9-7-14)25-21-19(20(24)31)28-29-22(27-21)26-18-5-3-2-4-17(18)23/h6-9,15,17-18H,2-5,10-13,23H2,1H3,(H2,24,31)(H2,25,26,27,29)/t15?,17-,18+,30?/m0/s1. The lowest BCUT2D eigenvalue weighted by Gasteiger charge is -2.44. The second-order valence-electron chi connectivity index (χ2n) is 9.16. The van der Waals surface area contributed by atoms with Gasteiger partial charge in [-0.05, 0) is 36.5 Å². The first-order valence-corrected chi connectivity index (χ1v) is 11.3. The van der Waals surface area contributed by atoms with Crippen LogP contribution in [0.15, 0.2) is 24.3 Å². The molecule has 2 fully saturated rings. The van der Waals surface area contributed by atoms with Crippen molar-refractivity contribution < 1.29 is 9.44 Å². The molecule has 1 saturated heterocycles. The molecule has 2 aromatic rings. The number of nitrogens with one attached hydrogen (secondary N) is 2. The number of piperidine rings is 1. The maximum absolute atomic E-state index is 12.1. The van der Waals surface area contributed by atoms with E-state index in [1.807, 2.05) is 24.3 Å². The molecule has 32 heavy (non-hydrogen) atoms. The van der Waals surface area contributed by atoms with Gasteiger partial charge < -0.3 is 32.0 Å². The summed E-state index contributed by atoms with van der Waals surface area (Å²) in [4.78, 5) is 16.3. The zero-order valence-electron chi connectivity index (χ0n) is 18.5. The van der Waals surface area contributed by atoms with Crippen LogP contribution in [0.4, 0.5) is 17.5 Å². The van der Waals surface area contributed by atoms with Gasteiger partial charge in [0.05, 0.1) is 20.1 Å². The SMILES string of the molecule is C[N+]1([O-])CCC(c2ccc(Nc3nc(N[C@@H]4CCCC[C@@H]4N)nnc3C(N)=O)cc2)CC1. The van der Waals surface area contributed by atoms with E-state index < -0.39 is 5.91 Å². The van der Waals surface area contributed by atoms with Crippen molar-refractivity contribution in [1.82, 2.24) is 15.2 Å². The van der Waals surface area contributed by atoms with E-state index in [1.54, 1.807) is 7.05 Å². The zero-order valence-corrected chi connectivity index (χ0v) is 18.5. The first-order chi connectivity index (χ1) is 15.3. The van der Waals surface area contributed by atoms with Crippen molar-refractivity contribution in [3.8, 4) is 0 Å². The Hall–Kier alpha value is -2.82. The third kappa shape index (κ3) is 5.32. The van der Waals surface area contributed by atoms with Gasteiger partial charge in [-0.1, -0.05) is 25.0 Å². The van der Waals surface area contributed by atoms with Gasteiger partial charge in [-0.3, -0.25) is 4.79 Å². The number of nitrogens with two attached hydrogens (primary N) is 2. The molecule has 1 saturated carbocycles. The minimum Gasteiger partial charge on any atom is -0.633 e. The van der Waals surface area contributed by atoms with E-state index in [-0.39, 0.29) is 28.2 Å². The molecule has 1 aliphatic heterocycles. The largest absolute Gasteiger partial charge is 0.633 e. The van der Waals surface area contributed by atoms with E-state index in [0.717, 1.165) is 44.2 Å². The summed E-state index contributed by atoms with van der Waals surface area (Å²) in [5.74, 6) is 0.259. The number of quaternary nitrogens is 1. The van der Waals surface area contributed by atoms with Crippen LogP contribution in [0.3, 0.4) is 0 Å². The van der Waals surface area contributed by atoms with Crippen LogP contribution in [0, 0.1) is 5.21 Å². The van der Waals surface area contributed by atoms with Crippen molar-refractivity contribution in [2.75, 3.05) is 30.8 Å². The number of hydroxylamine groups is 3. The number of anilines is 3. The molecular formula is C22H32N8O2. The molecule has 0 bridgehead atoms. The van der Waals surface area contributed by atoms with Crippen LogP contribution < -0.4 is 22.1 Å². The smallest absolute Gasteiger partial charge is 0.273 e. The maximum atomic E-state index is 12.1. The number of aromatic nitrogens is 3. The van der Waals surface area contributed by atoms with Gasteiger partial charge >= 0.3 is 0 Å². The maximum Gasteiger partial charge on any atom is 0.273 e. The summed E-state index contributed by atoms with van der Waals surface area (Å²) in [7, 11) is 1.74. The van der Waals surface area contributed by atoms with Crippen molar-refractivity contribution in [2.24, 2.45) is 11.5 Å². The van der Waals surface area contributed by atoms with Crippen molar-refractivity contribution in [2.45, 2.75) is 56.5 Å². The molecule has 10 heteroatoms.